The fraction of sp³-hybridized carbons (Fsp3) is 0.200. The number of nitrogens with one attached hydrogen (secondary N) is 2. The van der Waals surface area contributed by atoms with Crippen molar-refractivity contribution in [3.8, 4) is 0 Å². The second-order valence-electron chi connectivity index (χ2n) is 6.82. The zero-order chi connectivity index (χ0) is 21.5. The Morgan fingerprint density at radius 3 is 2.40 bits per heavy atom. The molecule has 0 unspecified atom stereocenters. The van der Waals surface area contributed by atoms with Crippen molar-refractivity contribution in [1.29, 1.82) is 0 Å². The van der Waals surface area contributed by atoms with Crippen LogP contribution in [0.5, 0.6) is 0 Å². The topological polar surface area (TPSA) is 59.0 Å². The highest BCUT2D eigenvalue weighted by molar-refractivity contribution is 6.36. The van der Waals surface area contributed by atoms with Crippen molar-refractivity contribution in [2.75, 3.05) is 10.6 Å². The fourth-order valence-corrected chi connectivity index (χ4v) is 3.75. The van der Waals surface area contributed by atoms with E-state index in [1.54, 1.807) is 54.6 Å². The minimum Gasteiger partial charge on any atom is -0.362 e. The van der Waals surface area contributed by atoms with Crippen molar-refractivity contribution < 1.29 is 18.0 Å². The Hall–Kier alpha value is -2.71. The molecule has 2 heterocycles. The first-order valence-electron chi connectivity index (χ1n) is 8.97. The summed E-state index contributed by atoms with van der Waals surface area (Å²) in [7, 11) is 0. The number of aromatic nitrogens is 2. The van der Waals surface area contributed by atoms with E-state index in [0.717, 1.165) is 4.68 Å². The highest BCUT2D eigenvalue weighted by atomic mass is 35.5. The maximum Gasteiger partial charge on any atom is 0.410 e. The molecule has 0 fully saturated rings. The third kappa shape index (κ3) is 3.97. The van der Waals surface area contributed by atoms with E-state index < -0.39 is 24.2 Å². The number of rotatable bonds is 3. The smallest absolute Gasteiger partial charge is 0.362 e. The predicted octanol–water partition coefficient (Wildman–Crippen LogP) is 6.10. The van der Waals surface area contributed by atoms with Crippen LogP contribution in [-0.4, -0.2) is 21.9 Å². The molecule has 1 aliphatic heterocycles. The van der Waals surface area contributed by atoms with Gasteiger partial charge in [-0.2, -0.15) is 18.3 Å². The van der Waals surface area contributed by atoms with E-state index in [1.165, 1.54) is 0 Å². The van der Waals surface area contributed by atoms with Crippen LogP contribution >= 0.6 is 23.2 Å². The molecule has 0 spiro atoms. The monoisotopic (exact) mass is 454 g/mol. The quantitative estimate of drug-likeness (QED) is 0.502. The normalized spacial score (nSPS) is 18.4. The standard InChI is InChI=1S/C20H15Cl2F3N4O/c21-12-6-8-13(9-7-12)26-19(30)17-16(22)18-27-14(11-4-2-1-3-5-11)10-15(20(23,24)25)29(18)28-17/h1-9,14-15,27H,10H2,(H,26,30)/t14-,15+/m0/s1. The summed E-state index contributed by atoms with van der Waals surface area (Å²) in [5, 5.41) is 9.78. The number of nitrogens with zero attached hydrogens (tertiary/aromatic N) is 2. The van der Waals surface area contributed by atoms with Crippen LogP contribution in [0.2, 0.25) is 10.0 Å². The van der Waals surface area contributed by atoms with Gasteiger partial charge in [0.1, 0.15) is 10.8 Å². The number of benzene rings is 2. The van der Waals surface area contributed by atoms with E-state index in [9.17, 15) is 18.0 Å². The van der Waals surface area contributed by atoms with Gasteiger partial charge in [0.25, 0.3) is 5.91 Å². The van der Waals surface area contributed by atoms with Crippen molar-refractivity contribution in [3.63, 3.8) is 0 Å². The van der Waals surface area contributed by atoms with Gasteiger partial charge < -0.3 is 10.6 Å². The van der Waals surface area contributed by atoms with Gasteiger partial charge in [0.15, 0.2) is 11.7 Å². The SMILES string of the molecule is O=C(Nc1ccc(Cl)cc1)c1nn2c(c1Cl)N[C@H](c1ccccc1)C[C@@H]2C(F)(F)F. The minimum atomic E-state index is -4.57. The highest BCUT2D eigenvalue weighted by Gasteiger charge is 2.47. The van der Waals surface area contributed by atoms with E-state index in [1.807, 2.05) is 0 Å². The van der Waals surface area contributed by atoms with Gasteiger partial charge in [0.2, 0.25) is 0 Å². The molecule has 5 nitrogen and oxygen atoms in total. The fourth-order valence-electron chi connectivity index (χ4n) is 3.36. The predicted molar refractivity (Wildman–Crippen MR) is 109 cm³/mol. The number of alkyl halides is 3. The zero-order valence-electron chi connectivity index (χ0n) is 15.3. The van der Waals surface area contributed by atoms with Gasteiger partial charge in [-0.3, -0.25) is 4.79 Å². The van der Waals surface area contributed by atoms with Gasteiger partial charge in [0.05, 0.1) is 6.04 Å². The Morgan fingerprint density at radius 2 is 1.77 bits per heavy atom. The van der Waals surface area contributed by atoms with E-state index in [-0.39, 0.29) is 23.0 Å². The lowest BCUT2D eigenvalue weighted by Gasteiger charge is -2.33. The molecule has 3 aromatic rings. The van der Waals surface area contributed by atoms with E-state index >= 15 is 0 Å². The minimum absolute atomic E-state index is 0.0413. The van der Waals surface area contributed by atoms with Crippen LogP contribution in [0.3, 0.4) is 0 Å². The first kappa shape index (κ1) is 20.6. The third-order valence-corrected chi connectivity index (χ3v) is 5.42. The van der Waals surface area contributed by atoms with Gasteiger partial charge in [-0.15, -0.1) is 0 Å². The molecule has 156 valence electrons. The second kappa shape index (κ2) is 7.85. The van der Waals surface area contributed by atoms with Gasteiger partial charge in [-0.1, -0.05) is 53.5 Å². The molecule has 4 rings (SSSR count). The Labute approximate surface area is 179 Å². The second-order valence-corrected chi connectivity index (χ2v) is 7.63. The first-order valence-corrected chi connectivity index (χ1v) is 9.72. The number of carbonyl (C=O) groups is 1. The van der Waals surface area contributed by atoms with Crippen LogP contribution in [0.1, 0.15) is 34.6 Å². The maximum absolute atomic E-state index is 13.8. The lowest BCUT2D eigenvalue weighted by Crippen LogP contribution is -2.35. The van der Waals surface area contributed by atoms with Gasteiger partial charge >= 0.3 is 6.18 Å². The number of amides is 1. The van der Waals surface area contributed by atoms with Crippen LogP contribution in [0, 0.1) is 0 Å². The van der Waals surface area contributed by atoms with Crippen molar-refractivity contribution in [3.05, 3.63) is 75.9 Å². The van der Waals surface area contributed by atoms with Crippen molar-refractivity contribution in [2.45, 2.75) is 24.7 Å². The highest BCUT2D eigenvalue weighted by Crippen LogP contribution is 2.46. The molecule has 1 aliphatic rings. The Morgan fingerprint density at radius 1 is 1.10 bits per heavy atom. The number of halogens is 5. The average molecular weight is 455 g/mol. The summed E-state index contributed by atoms with van der Waals surface area (Å²) in [5.41, 5.74) is 0.799. The van der Waals surface area contributed by atoms with Crippen molar-refractivity contribution >= 4 is 40.6 Å². The zero-order valence-corrected chi connectivity index (χ0v) is 16.8. The number of carbonyl (C=O) groups excluding carboxylic acids is 1. The van der Waals surface area contributed by atoms with Crippen LogP contribution in [0.15, 0.2) is 54.6 Å². The molecule has 0 saturated heterocycles. The Balaban J connectivity index is 1.69. The molecule has 2 atom stereocenters. The molecule has 1 amide bonds. The lowest BCUT2D eigenvalue weighted by molar-refractivity contribution is -0.173. The molecule has 2 aromatic carbocycles. The number of hydrogen-bond donors (Lipinski definition) is 2. The molecule has 10 heteroatoms. The van der Waals surface area contributed by atoms with E-state index in [0.29, 0.717) is 16.3 Å². The summed E-state index contributed by atoms with van der Waals surface area (Å²) >= 11 is 12.1. The van der Waals surface area contributed by atoms with Crippen LogP contribution in [-0.2, 0) is 0 Å². The first-order chi connectivity index (χ1) is 14.2. The van der Waals surface area contributed by atoms with Crippen molar-refractivity contribution in [2.24, 2.45) is 0 Å². The van der Waals surface area contributed by atoms with Crippen LogP contribution in [0.4, 0.5) is 24.7 Å². The van der Waals surface area contributed by atoms with Crippen molar-refractivity contribution in [1.82, 2.24) is 9.78 Å². The molecule has 2 N–H and O–H groups in total. The van der Waals surface area contributed by atoms with Gasteiger partial charge in [-0.05, 0) is 29.8 Å². The summed E-state index contributed by atoms with van der Waals surface area (Å²) in [5.74, 6) is -0.761. The van der Waals surface area contributed by atoms with Gasteiger partial charge in [-0.25, -0.2) is 4.68 Å². The number of hydrogen-bond acceptors (Lipinski definition) is 3. The summed E-state index contributed by atoms with van der Waals surface area (Å²) < 4.78 is 42.1. The molecule has 0 radical (unpaired) electrons. The summed E-state index contributed by atoms with van der Waals surface area (Å²) in [6.07, 6.45) is -4.85. The molecule has 1 aromatic heterocycles. The molecule has 0 aliphatic carbocycles. The van der Waals surface area contributed by atoms with Gasteiger partial charge in [0, 0.05) is 17.1 Å². The molecule has 0 bridgehead atoms. The molecule has 0 saturated carbocycles. The summed E-state index contributed by atoms with van der Waals surface area (Å²) in [6, 6.07) is 12.5. The molecule has 30 heavy (non-hydrogen) atoms. The molecular formula is C20H15Cl2F3N4O. The van der Waals surface area contributed by atoms with Crippen LogP contribution in [0.25, 0.3) is 0 Å². The lowest BCUT2D eigenvalue weighted by atomic mass is 9.97. The van der Waals surface area contributed by atoms with Crippen LogP contribution < -0.4 is 10.6 Å². The third-order valence-electron chi connectivity index (χ3n) is 4.81. The summed E-state index contributed by atoms with van der Waals surface area (Å²) in [4.78, 5) is 12.6. The van der Waals surface area contributed by atoms with E-state index in [2.05, 4.69) is 15.7 Å². The largest absolute Gasteiger partial charge is 0.410 e. The molecular weight excluding hydrogens is 440 g/mol. The summed E-state index contributed by atoms with van der Waals surface area (Å²) in [6.45, 7) is 0. The number of fused-ring (bicyclic) bond motifs is 1. The Bertz CT molecular complexity index is 1070. The van der Waals surface area contributed by atoms with E-state index in [4.69, 9.17) is 23.2 Å². The average Bonchev–Trinajstić information content (AvgIpc) is 3.05. The Kier molecular flexibility index (Phi) is 5.38. The maximum atomic E-state index is 13.8. The number of anilines is 2.